The van der Waals surface area contributed by atoms with Crippen molar-refractivity contribution in [2.75, 3.05) is 13.7 Å². The predicted molar refractivity (Wildman–Crippen MR) is 104 cm³/mol. The molecule has 2 amide bonds. The number of nitrogens with zero attached hydrogens (tertiary/aromatic N) is 1. The van der Waals surface area contributed by atoms with Gasteiger partial charge in [-0.05, 0) is 25.7 Å². The number of hydrogen-bond acceptors (Lipinski definition) is 4. The summed E-state index contributed by atoms with van der Waals surface area (Å²) >= 11 is 0. The molecule has 0 radical (unpaired) electrons. The van der Waals surface area contributed by atoms with Crippen LogP contribution in [0.1, 0.15) is 71.6 Å². The molecule has 0 spiro atoms. The fourth-order valence-corrected chi connectivity index (χ4v) is 4.39. The number of halogens is 3. The van der Waals surface area contributed by atoms with Gasteiger partial charge in [0, 0.05) is 18.7 Å². The molecule has 6 nitrogen and oxygen atoms in total. The maximum absolute atomic E-state index is 14.3. The van der Waals surface area contributed by atoms with Crippen LogP contribution in [0.4, 0.5) is 13.2 Å². The first-order valence-electron chi connectivity index (χ1n) is 10.6. The lowest BCUT2D eigenvalue weighted by molar-refractivity contribution is -0.196. The SMILES string of the molecule is CCCCN1C(=O)[C@@](NC(=O)CCC2CCCCC2)(C(F)(F)F)C(C(=O)OC)=C1C. The molecule has 0 saturated heterocycles. The summed E-state index contributed by atoms with van der Waals surface area (Å²) in [5.74, 6) is -3.22. The van der Waals surface area contributed by atoms with Crippen molar-refractivity contribution in [1.29, 1.82) is 0 Å². The zero-order chi connectivity index (χ0) is 22.5. The Bertz CT molecular complexity index is 699. The average Bonchev–Trinajstić information content (AvgIpc) is 2.92. The maximum Gasteiger partial charge on any atom is 0.425 e. The Kier molecular flexibility index (Phi) is 7.93. The van der Waals surface area contributed by atoms with E-state index in [4.69, 9.17) is 0 Å². The van der Waals surface area contributed by atoms with E-state index in [0.29, 0.717) is 25.2 Å². The van der Waals surface area contributed by atoms with Crippen molar-refractivity contribution in [3.05, 3.63) is 11.3 Å². The smallest absolute Gasteiger partial charge is 0.425 e. The fraction of sp³-hybridized carbons (Fsp3) is 0.762. The molecule has 1 heterocycles. The Labute approximate surface area is 175 Å². The van der Waals surface area contributed by atoms with E-state index in [1.54, 1.807) is 0 Å². The quantitative estimate of drug-likeness (QED) is 0.591. The van der Waals surface area contributed by atoms with Gasteiger partial charge < -0.3 is 15.0 Å². The molecule has 170 valence electrons. The van der Waals surface area contributed by atoms with Gasteiger partial charge in [0.1, 0.15) is 5.57 Å². The van der Waals surface area contributed by atoms with Crippen molar-refractivity contribution >= 4 is 17.8 Å². The van der Waals surface area contributed by atoms with E-state index in [2.05, 4.69) is 4.74 Å². The number of methoxy groups -OCH3 is 1. The molecular formula is C21H31F3N2O4. The first kappa shape index (κ1) is 24.2. The van der Waals surface area contributed by atoms with E-state index in [-0.39, 0.29) is 18.7 Å². The average molecular weight is 432 g/mol. The van der Waals surface area contributed by atoms with Gasteiger partial charge in [-0.3, -0.25) is 9.59 Å². The Hall–Kier alpha value is -2.06. The minimum Gasteiger partial charge on any atom is -0.466 e. The summed E-state index contributed by atoms with van der Waals surface area (Å²) in [6.07, 6.45) is 1.39. The number of carbonyl (C=O) groups is 3. The minimum absolute atomic E-state index is 0.0252. The molecular weight excluding hydrogens is 401 g/mol. The molecule has 1 aliphatic carbocycles. The number of ether oxygens (including phenoxy) is 1. The predicted octanol–water partition coefficient (Wildman–Crippen LogP) is 3.85. The molecule has 0 aromatic rings. The van der Waals surface area contributed by atoms with Gasteiger partial charge in [-0.25, -0.2) is 4.79 Å². The van der Waals surface area contributed by atoms with Gasteiger partial charge in [0.25, 0.3) is 5.91 Å². The molecule has 2 aliphatic rings. The van der Waals surface area contributed by atoms with E-state index >= 15 is 0 Å². The molecule has 0 bridgehead atoms. The molecule has 1 saturated carbocycles. The number of allylic oxidation sites excluding steroid dienone is 1. The minimum atomic E-state index is -5.20. The Morgan fingerprint density at radius 2 is 1.87 bits per heavy atom. The number of esters is 1. The van der Waals surface area contributed by atoms with Crippen LogP contribution in [0.3, 0.4) is 0 Å². The summed E-state index contributed by atoms with van der Waals surface area (Å²) in [6, 6.07) is 0. The Balaban J connectivity index is 2.34. The van der Waals surface area contributed by atoms with Gasteiger partial charge in [-0.2, -0.15) is 13.2 Å². The van der Waals surface area contributed by atoms with Gasteiger partial charge in [-0.1, -0.05) is 45.4 Å². The summed E-state index contributed by atoms with van der Waals surface area (Å²) in [6.45, 7) is 3.14. The summed E-state index contributed by atoms with van der Waals surface area (Å²) in [5.41, 5.74) is -4.41. The van der Waals surface area contributed by atoms with Crippen molar-refractivity contribution in [3.8, 4) is 0 Å². The van der Waals surface area contributed by atoms with Crippen LogP contribution < -0.4 is 5.32 Å². The van der Waals surface area contributed by atoms with Crippen LogP contribution in [0.2, 0.25) is 0 Å². The maximum atomic E-state index is 14.3. The zero-order valence-corrected chi connectivity index (χ0v) is 17.9. The third kappa shape index (κ3) is 4.64. The molecule has 0 aromatic heterocycles. The van der Waals surface area contributed by atoms with E-state index in [1.165, 1.54) is 6.92 Å². The summed E-state index contributed by atoms with van der Waals surface area (Å²) in [4.78, 5) is 38.8. The fourth-order valence-electron chi connectivity index (χ4n) is 4.39. The van der Waals surface area contributed by atoms with Crippen molar-refractivity contribution in [2.24, 2.45) is 5.92 Å². The number of alkyl halides is 3. The largest absolute Gasteiger partial charge is 0.466 e. The lowest BCUT2D eigenvalue weighted by atomic mass is 9.85. The standard InChI is InChI=1S/C21H31F3N2O4/c1-4-5-13-26-14(2)17(18(28)30-3)20(19(26)29,21(22,23)24)25-16(27)12-11-15-9-7-6-8-10-15/h15H,4-13H2,1-3H3,(H,25,27)/t20-/m1/s1. The van der Waals surface area contributed by atoms with E-state index in [1.807, 2.05) is 12.2 Å². The first-order chi connectivity index (χ1) is 14.1. The lowest BCUT2D eigenvalue weighted by Gasteiger charge is -2.33. The summed E-state index contributed by atoms with van der Waals surface area (Å²) in [7, 11) is 0.952. The molecule has 1 fully saturated rings. The molecule has 1 aliphatic heterocycles. The van der Waals surface area contributed by atoms with Crippen molar-refractivity contribution < 1.29 is 32.3 Å². The highest BCUT2D eigenvalue weighted by Gasteiger charge is 2.70. The van der Waals surface area contributed by atoms with Gasteiger partial charge in [-0.15, -0.1) is 0 Å². The summed E-state index contributed by atoms with van der Waals surface area (Å²) < 4.78 is 47.6. The topological polar surface area (TPSA) is 75.7 Å². The number of carbonyl (C=O) groups excluding carboxylic acids is 3. The van der Waals surface area contributed by atoms with E-state index in [0.717, 1.165) is 44.1 Å². The second-order valence-electron chi connectivity index (χ2n) is 8.10. The van der Waals surface area contributed by atoms with Crippen LogP contribution in [0.5, 0.6) is 0 Å². The molecule has 30 heavy (non-hydrogen) atoms. The highest BCUT2D eigenvalue weighted by atomic mass is 19.4. The normalized spacial score (nSPS) is 23.1. The highest BCUT2D eigenvalue weighted by molar-refractivity contribution is 6.10. The van der Waals surface area contributed by atoms with Crippen LogP contribution in [0, 0.1) is 5.92 Å². The number of unbranched alkanes of at least 4 members (excludes halogenated alkanes) is 1. The van der Waals surface area contributed by atoms with Gasteiger partial charge in [0.05, 0.1) is 7.11 Å². The Morgan fingerprint density at radius 3 is 2.40 bits per heavy atom. The third-order valence-corrected chi connectivity index (χ3v) is 6.09. The van der Waals surface area contributed by atoms with Gasteiger partial charge in [0.2, 0.25) is 11.4 Å². The second-order valence-corrected chi connectivity index (χ2v) is 8.10. The van der Waals surface area contributed by atoms with E-state index < -0.39 is 35.1 Å². The Morgan fingerprint density at radius 1 is 1.23 bits per heavy atom. The number of amides is 2. The highest BCUT2D eigenvalue weighted by Crippen LogP contribution is 2.45. The molecule has 9 heteroatoms. The van der Waals surface area contributed by atoms with Crippen LogP contribution in [0.15, 0.2) is 11.3 Å². The zero-order valence-electron chi connectivity index (χ0n) is 17.9. The molecule has 0 unspecified atom stereocenters. The molecule has 1 atom stereocenters. The van der Waals surface area contributed by atoms with Crippen LogP contribution >= 0.6 is 0 Å². The lowest BCUT2D eigenvalue weighted by Crippen LogP contribution is -2.66. The van der Waals surface area contributed by atoms with Crippen LogP contribution in [-0.4, -0.2) is 48.1 Å². The molecule has 0 aromatic carbocycles. The third-order valence-electron chi connectivity index (χ3n) is 6.09. The molecule has 2 rings (SSSR count). The van der Waals surface area contributed by atoms with E-state index in [9.17, 15) is 27.6 Å². The summed E-state index contributed by atoms with van der Waals surface area (Å²) in [5, 5.41) is 1.91. The van der Waals surface area contributed by atoms with Crippen LogP contribution in [0.25, 0.3) is 0 Å². The second kappa shape index (κ2) is 9.83. The number of hydrogen-bond donors (Lipinski definition) is 1. The van der Waals surface area contributed by atoms with Crippen LogP contribution in [-0.2, 0) is 19.1 Å². The van der Waals surface area contributed by atoms with Gasteiger partial charge in [0.15, 0.2) is 0 Å². The number of nitrogens with one attached hydrogen (secondary N) is 1. The van der Waals surface area contributed by atoms with Crippen molar-refractivity contribution in [3.63, 3.8) is 0 Å². The molecule has 1 N–H and O–H groups in total. The monoisotopic (exact) mass is 432 g/mol. The number of rotatable bonds is 8. The van der Waals surface area contributed by atoms with Crippen molar-refractivity contribution in [2.45, 2.75) is 83.4 Å². The van der Waals surface area contributed by atoms with Gasteiger partial charge >= 0.3 is 12.1 Å². The first-order valence-corrected chi connectivity index (χ1v) is 10.6. The van der Waals surface area contributed by atoms with Crippen molar-refractivity contribution in [1.82, 2.24) is 10.2 Å².